The van der Waals surface area contributed by atoms with E-state index in [-0.39, 0.29) is 0 Å². The van der Waals surface area contributed by atoms with E-state index < -0.39 is 0 Å². The Hall–Kier alpha value is -2.30. The minimum atomic E-state index is 0.749. The summed E-state index contributed by atoms with van der Waals surface area (Å²) in [5.41, 5.74) is 6.10. The monoisotopic (exact) mass is 367 g/mol. The van der Waals surface area contributed by atoms with Crippen molar-refractivity contribution in [2.75, 3.05) is 20.2 Å². The Morgan fingerprint density at radius 2 is 1.77 bits per heavy atom. The van der Waals surface area contributed by atoms with E-state index in [1.807, 2.05) is 24.3 Å². The highest BCUT2D eigenvalue weighted by Crippen LogP contribution is 2.29. The largest absolute Gasteiger partial charge is 0.497 e. The van der Waals surface area contributed by atoms with Gasteiger partial charge in [-0.1, -0.05) is 35.9 Å². The van der Waals surface area contributed by atoms with Gasteiger partial charge in [0.2, 0.25) is 0 Å². The molecule has 0 bridgehead atoms. The molecule has 26 heavy (non-hydrogen) atoms. The van der Waals surface area contributed by atoms with Gasteiger partial charge >= 0.3 is 0 Å². The maximum absolute atomic E-state index is 6.06. The van der Waals surface area contributed by atoms with E-state index in [0.717, 1.165) is 54.5 Å². The highest BCUT2D eigenvalue weighted by molar-refractivity contribution is 6.30. The third kappa shape index (κ3) is 3.48. The molecule has 1 aliphatic rings. The summed E-state index contributed by atoms with van der Waals surface area (Å²) in [4.78, 5) is 0. The fourth-order valence-corrected chi connectivity index (χ4v) is 3.62. The molecule has 1 aliphatic heterocycles. The fraction of sp³-hybridized carbons (Fsp3) is 0.286. The molecule has 2 heterocycles. The normalized spacial score (nSPS) is 13.9. The predicted molar refractivity (Wildman–Crippen MR) is 105 cm³/mol. The summed E-state index contributed by atoms with van der Waals surface area (Å²) in [6.45, 7) is 2.74. The zero-order valence-corrected chi connectivity index (χ0v) is 15.6. The summed E-state index contributed by atoms with van der Waals surface area (Å²) >= 11 is 6.06. The van der Waals surface area contributed by atoms with E-state index in [1.54, 1.807) is 7.11 Å². The van der Waals surface area contributed by atoms with Crippen LogP contribution in [-0.2, 0) is 19.4 Å². The Labute approximate surface area is 158 Å². The number of benzene rings is 2. The zero-order valence-electron chi connectivity index (χ0n) is 14.8. The minimum absolute atomic E-state index is 0.749. The van der Waals surface area contributed by atoms with Crippen molar-refractivity contribution in [2.45, 2.75) is 19.4 Å². The number of aromatic nitrogens is 2. The number of methoxy groups -OCH3 is 1. The van der Waals surface area contributed by atoms with Gasteiger partial charge in [0.1, 0.15) is 5.75 Å². The molecule has 4 rings (SSSR count). The van der Waals surface area contributed by atoms with Crippen LogP contribution in [0, 0.1) is 0 Å². The molecule has 0 spiro atoms. The van der Waals surface area contributed by atoms with Crippen LogP contribution < -0.4 is 10.1 Å². The van der Waals surface area contributed by atoms with Crippen LogP contribution in [0.1, 0.15) is 16.8 Å². The third-order valence-corrected chi connectivity index (χ3v) is 5.12. The maximum Gasteiger partial charge on any atom is 0.118 e. The second kappa shape index (κ2) is 7.52. The molecule has 2 aromatic carbocycles. The lowest BCUT2D eigenvalue weighted by Gasteiger charge is -2.08. The molecule has 1 aromatic heterocycles. The van der Waals surface area contributed by atoms with Crippen LogP contribution >= 0.6 is 11.6 Å². The van der Waals surface area contributed by atoms with Crippen molar-refractivity contribution in [1.82, 2.24) is 15.1 Å². The van der Waals surface area contributed by atoms with Crippen LogP contribution in [0.25, 0.3) is 11.3 Å². The number of rotatable bonds is 4. The van der Waals surface area contributed by atoms with Crippen molar-refractivity contribution < 1.29 is 4.74 Å². The molecule has 0 radical (unpaired) electrons. The van der Waals surface area contributed by atoms with Crippen molar-refractivity contribution in [3.63, 3.8) is 0 Å². The van der Waals surface area contributed by atoms with Crippen molar-refractivity contribution in [2.24, 2.45) is 0 Å². The smallest absolute Gasteiger partial charge is 0.118 e. The maximum atomic E-state index is 6.06. The van der Waals surface area contributed by atoms with E-state index >= 15 is 0 Å². The van der Waals surface area contributed by atoms with Crippen molar-refractivity contribution >= 4 is 11.6 Å². The summed E-state index contributed by atoms with van der Waals surface area (Å²) in [6, 6.07) is 16.2. The number of ether oxygens (including phenoxy) is 1. The highest BCUT2D eigenvalue weighted by atomic mass is 35.5. The fourth-order valence-electron chi connectivity index (χ4n) is 3.50. The number of nitrogens with zero attached hydrogens (tertiary/aromatic N) is 2. The predicted octanol–water partition coefficient (Wildman–Crippen LogP) is 3.95. The molecule has 0 saturated heterocycles. The van der Waals surface area contributed by atoms with Crippen LogP contribution in [0.2, 0.25) is 5.02 Å². The Balaban J connectivity index is 1.72. The minimum Gasteiger partial charge on any atom is -0.497 e. The van der Waals surface area contributed by atoms with E-state index in [0.29, 0.717) is 0 Å². The van der Waals surface area contributed by atoms with Gasteiger partial charge in [0.05, 0.1) is 19.3 Å². The van der Waals surface area contributed by atoms with Gasteiger partial charge in [0.25, 0.3) is 0 Å². The molecule has 0 unspecified atom stereocenters. The van der Waals surface area contributed by atoms with E-state index in [4.69, 9.17) is 21.4 Å². The van der Waals surface area contributed by atoms with E-state index in [9.17, 15) is 0 Å². The van der Waals surface area contributed by atoms with Gasteiger partial charge in [0, 0.05) is 34.8 Å². The first kappa shape index (κ1) is 17.1. The lowest BCUT2D eigenvalue weighted by Crippen LogP contribution is -2.17. The average molecular weight is 368 g/mol. The van der Waals surface area contributed by atoms with Crippen LogP contribution in [0.15, 0.2) is 48.5 Å². The lowest BCUT2D eigenvalue weighted by atomic mass is 10.0. The first-order valence-electron chi connectivity index (χ1n) is 8.93. The molecule has 0 atom stereocenters. The number of halogens is 1. The van der Waals surface area contributed by atoms with Gasteiger partial charge < -0.3 is 10.1 Å². The number of hydrogen-bond acceptors (Lipinski definition) is 3. The summed E-state index contributed by atoms with van der Waals surface area (Å²) < 4.78 is 7.42. The first-order valence-corrected chi connectivity index (χ1v) is 9.30. The number of fused-ring (bicyclic) bond motifs is 1. The molecular weight excluding hydrogens is 346 g/mol. The second-order valence-electron chi connectivity index (χ2n) is 6.54. The SMILES string of the molecule is COc1ccc(Cn2nc(-c3ccc(Cl)cc3)c3c2CCNCC3)cc1. The van der Waals surface area contributed by atoms with Gasteiger partial charge in [-0.15, -0.1) is 0 Å². The molecule has 3 aromatic rings. The van der Waals surface area contributed by atoms with Crippen LogP contribution in [0.3, 0.4) is 0 Å². The Kier molecular flexibility index (Phi) is 4.96. The molecule has 4 nitrogen and oxygen atoms in total. The topological polar surface area (TPSA) is 39.1 Å². The van der Waals surface area contributed by atoms with Crippen molar-refractivity contribution in [3.05, 3.63) is 70.4 Å². The Morgan fingerprint density at radius 1 is 1.04 bits per heavy atom. The molecule has 1 N–H and O–H groups in total. The molecule has 0 fully saturated rings. The number of hydrogen-bond donors (Lipinski definition) is 1. The summed E-state index contributed by atoms with van der Waals surface area (Å²) in [5, 5.41) is 9.23. The van der Waals surface area contributed by atoms with Crippen molar-refractivity contribution in [1.29, 1.82) is 0 Å². The molecule has 5 heteroatoms. The quantitative estimate of drug-likeness (QED) is 0.759. The Morgan fingerprint density at radius 3 is 2.50 bits per heavy atom. The van der Waals surface area contributed by atoms with Crippen LogP contribution in [0.4, 0.5) is 0 Å². The standard InChI is InChI=1S/C21H22ClN3O/c1-26-18-8-2-15(3-9-18)14-25-20-11-13-23-12-10-19(20)21(24-25)16-4-6-17(22)7-5-16/h2-9,23H,10-14H2,1H3. The summed E-state index contributed by atoms with van der Waals surface area (Å²) in [7, 11) is 1.69. The molecular formula is C21H22ClN3O. The van der Waals surface area contributed by atoms with Gasteiger partial charge in [-0.05, 0) is 42.8 Å². The van der Waals surface area contributed by atoms with Gasteiger partial charge in [-0.25, -0.2) is 0 Å². The highest BCUT2D eigenvalue weighted by Gasteiger charge is 2.20. The molecule has 134 valence electrons. The molecule has 0 amide bonds. The molecule has 0 saturated carbocycles. The first-order chi connectivity index (χ1) is 12.7. The Bertz CT molecular complexity index is 885. The summed E-state index contributed by atoms with van der Waals surface area (Å²) in [5.74, 6) is 0.874. The van der Waals surface area contributed by atoms with Gasteiger partial charge in [-0.2, -0.15) is 5.10 Å². The van der Waals surface area contributed by atoms with E-state index in [2.05, 4.69) is 34.3 Å². The zero-order chi connectivity index (χ0) is 17.9. The number of nitrogens with one attached hydrogen (secondary N) is 1. The van der Waals surface area contributed by atoms with Crippen LogP contribution in [-0.4, -0.2) is 30.0 Å². The second-order valence-corrected chi connectivity index (χ2v) is 6.97. The van der Waals surface area contributed by atoms with E-state index in [1.165, 1.54) is 16.8 Å². The third-order valence-electron chi connectivity index (χ3n) is 4.87. The lowest BCUT2D eigenvalue weighted by molar-refractivity contribution is 0.414. The average Bonchev–Trinajstić information content (AvgIpc) is 2.84. The van der Waals surface area contributed by atoms with Gasteiger partial charge in [0.15, 0.2) is 0 Å². The van der Waals surface area contributed by atoms with Gasteiger partial charge in [-0.3, -0.25) is 4.68 Å². The van der Waals surface area contributed by atoms with Crippen LogP contribution in [0.5, 0.6) is 5.75 Å². The molecule has 0 aliphatic carbocycles. The van der Waals surface area contributed by atoms with Crippen molar-refractivity contribution in [3.8, 4) is 17.0 Å². The summed E-state index contributed by atoms with van der Waals surface area (Å²) in [6.07, 6.45) is 1.99.